The average molecular weight is 384 g/mol. The van der Waals surface area contributed by atoms with Crippen LogP contribution < -0.4 is 19.5 Å². The van der Waals surface area contributed by atoms with E-state index in [1.54, 1.807) is 26.7 Å². The van der Waals surface area contributed by atoms with Gasteiger partial charge < -0.3 is 19.5 Å². The highest BCUT2D eigenvalue weighted by Crippen LogP contribution is 2.38. The highest BCUT2D eigenvalue weighted by Gasteiger charge is 2.17. The molecule has 0 aliphatic carbocycles. The maximum Gasteiger partial charge on any atom is 0.271 e. The largest absolute Gasteiger partial charge is 0.497 e. The van der Waals surface area contributed by atoms with Crippen LogP contribution in [0.5, 0.6) is 17.2 Å². The highest BCUT2D eigenvalue weighted by molar-refractivity contribution is 7.13. The zero-order valence-corrected chi connectivity index (χ0v) is 16.1. The smallest absolute Gasteiger partial charge is 0.271 e. The molecule has 140 valence electrons. The number of carbonyl (C=O) groups is 1. The molecule has 1 heterocycles. The van der Waals surface area contributed by atoms with Crippen molar-refractivity contribution < 1.29 is 19.0 Å². The van der Waals surface area contributed by atoms with Crippen LogP contribution in [0.1, 0.15) is 16.1 Å². The van der Waals surface area contributed by atoms with Gasteiger partial charge in [-0.25, -0.2) is 4.98 Å². The van der Waals surface area contributed by atoms with E-state index in [1.165, 1.54) is 11.3 Å². The van der Waals surface area contributed by atoms with Gasteiger partial charge in [0.25, 0.3) is 5.91 Å². The lowest BCUT2D eigenvalue weighted by Crippen LogP contribution is -2.23. The first-order valence-electron chi connectivity index (χ1n) is 8.24. The number of rotatable bonds is 7. The number of hydrogen-bond donors (Lipinski definition) is 1. The first-order chi connectivity index (χ1) is 13.2. The molecule has 0 spiro atoms. The highest BCUT2D eigenvalue weighted by atomic mass is 32.1. The molecule has 1 aromatic heterocycles. The quantitative estimate of drug-likeness (QED) is 0.672. The van der Waals surface area contributed by atoms with E-state index < -0.39 is 0 Å². The summed E-state index contributed by atoms with van der Waals surface area (Å²) < 4.78 is 16.0. The first-order valence-corrected chi connectivity index (χ1v) is 9.12. The molecule has 0 fully saturated rings. The maximum absolute atomic E-state index is 12.4. The molecule has 27 heavy (non-hydrogen) atoms. The Hall–Kier alpha value is -3.06. The third-order valence-corrected chi connectivity index (χ3v) is 4.83. The molecule has 0 bridgehead atoms. The van der Waals surface area contributed by atoms with Crippen LogP contribution in [0.4, 0.5) is 0 Å². The number of para-hydroxylation sites is 1. The van der Waals surface area contributed by atoms with Crippen LogP contribution in [-0.2, 0) is 6.54 Å². The predicted molar refractivity (Wildman–Crippen MR) is 105 cm³/mol. The van der Waals surface area contributed by atoms with Crippen LogP contribution in [0.15, 0.2) is 47.8 Å². The van der Waals surface area contributed by atoms with E-state index in [1.807, 2.05) is 42.5 Å². The zero-order valence-electron chi connectivity index (χ0n) is 15.3. The monoisotopic (exact) mass is 384 g/mol. The molecular weight excluding hydrogens is 364 g/mol. The Morgan fingerprint density at radius 3 is 2.63 bits per heavy atom. The maximum atomic E-state index is 12.4. The second-order valence-electron chi connectivity index (χ2n) is 5.61. The summed E-state index contributed by atoms with van der Waals surface area (Å²) in [6.45, 7) is 0.394. The third kappa shape index (κ3) is 4.20. The fraction of sp³-hybridized carbons (Fsp3) is 0.200. The van der Waals surface area contributed by atoms with Crippen molar-refractivity contribution in [2.45, 2.75) is 6.54 Å². The standard InChI is InChI=1S/C20H20N2O4S/c1-24-14-7-4-6-13(10-14)11-21-19(23)16-12-27-20(22-16)15-8-5-9-17(25-2)18(15)26-3/h4-10,12H,11H2,1-3H3,(H,21,23). The number of aromatic nitrogens is 1. The fourth-order valence-corrected chi connectivity index (χ4v) is 3.43. The van der Waals surface area contributed by atoms with Crippen LogP contribution in [0, 0.1) is 0 Å². The minimum atomic E-state index is -0.234. The topological polar surface area (TPSA) is 69.7 Å². The number of amides is 1. The van der Waals surface area contributed by atoms with Crippen LogP contribution >= 0.6 is 11.3 Å². The van der Waals surface area contributed by atoms with Gasteiger partial charge in [-0.1, -0.05) is 18.2 Å². The summed E-state index contributed by atoms with van der Waals surface area (Å²) in [7, 11) is 4.78. The van der Waals surface area contributed by atoms with Gasteiger partial charge in [0.1, 0.15) is 16.5 Å². The van der Waals surface area contributed by atoms with E-state index >= 15 is 0 Å². The molecule has 2 aromatic carbocycles. The van der Waals surface area contributed by atoms with Crippen molar-refractivity contribution in [2.24, 2.45) is 0 Å². The molecule has 7 heteroatoms. The second-order valence-corrected chi connectivity index (χ2v) is 6.47. The Morgan fingerprint density at radius 1 is 1.07 bits per heavy atom. The molecular formula is C20H20N2O4S. The van der Waals surface area contributed by atoms with Crippen LogP contribution in [0.2, 0.25) is 0 Å². The van der Waals surface area contributed by atoms with Crippen molar-refractivity contribution in [2.75, 3.05) is 21.3 Å². The van der Waals surface area contributed by atoms with Gasteiger partial charge in [0.15, 0.2) is 11.5 Å². The molecule has 6 nitrogen and oxygen atoms in total. The summed E-state index contributed by atoms with van der Waals surface area (Å²) in [5, 5.41) is 5.30. The van der Waals surface area contributed by atoms with Gasteiger partial charge in [0.05, 0.1) is 26.9 Å². The lowest BCUT2D eigenvalue weighted by atomic mass is 10.2. The van der Waals surface area contributed by atoms with E-state index in [9.17, 15) is 4.79 Å². The molecule has 0 radical (unpaired) electrons. The van der Waals surface area contributed by atoms with E-state index in [-0.39, 0.29) is 5.91 Å². The molecule has 3 aromatic rings. The number of benzene rings is 2. The van der Waals surface area contributed by atoms with Gasteiger partial charge in [0, 0.05) is 11.9 Å². The second kappa shape index (κ2) is 8.55. The number of methoxy groups -OCH3 is 3. The summed E-state index contributed by atoms with van der Waals surface area (Å²) in [4.78, 5) is 16.9. The number of carbonyl (C=O) groups excluding carboxylic acids is 1. The van der Waals surface area contributed by atoms with Crippen LogP contribution in [-0.4, -0.2) is 32.2 Å². The molecule has 0 aliphatic heterocycles. The van der Waals surface area contributed by atoms with E-state index in [0.29, 0.717) is 28.7 Å². The molecule has 3 rings (SSSR count). The minimum absolute atomic E-state index is 0.234. The number of hydrogen-bond acceptors (Lipinski definition) is 6. The first kappa shape index (κ1) is 18.7. The Labute approximate surface area is 161 Å². The Balaban J connectivity index is 1.74. The van der Waals surface area contributed by atoms with Gasteiger partial charge in [-0.2, -0.15) is 0 Å². The van der Waals surface area contributed by atoms with Crippen molar-refractivity contribution in [3.8, 4) is 27.8 Å². The van der Waals surface area contributed by atoms with Gasteiger partial charge in [0.2, 0.25) is 0 Å². The molecule has 0 unspecified atom stereocenters. The lowest BCUT2D eigenvalue weighted by molar-refractivity contribution is 0.0946. The number of nitrogens with zero attached hydrogens (tertiary/aromatic N) is 1. The van der Waals surface area contributed by atoms with Gasteiger partial charge in [-0.05, 0) is 29.8 Å². The Morgan fingerprint density at radius 2 is 1.89 bits per heavy atom. The van der Waals surface area contributed by atoms with Crippen molar-refractivity contribution in [3.63, 3.8) is 0 Å². The molecule has 0 saturated carbocycles. The van der Waals surface area contributed by atoms with Gasteiger partial charge in [-0.3, -0.25) is 4.79 Å². The third-order valence-electron chi connectivity index (χ3n) is 3.96. The van der Waals surface area contributed by atoms with Crippen molar-refractivity contribution in [1.82, 2.24) is 10.3 Å². The molecule has 0 aliphatic rings. The molecule has 1 amide bonds. The summed E-state index contributed by atoms with van der Waals surface area (Å²) in [5.74, 6) is 1.73. The SMILES string of the molecule is COc1cccc(CNC(=O)c2csc(-c3cccc(OC)c3OC)n2)c1. The molecule has 1 N–H and O–H groups in total. The van der Waals surface area contributed by atoms with Crippen molar-refractivity contribution in [1.29, 1.82) is 0 Å². The average Bonchev–Trinajstić information content (AvgIpc) is 3.21. The normalized spacial score (nSPS) is 10.3. The van der Waals surface area contributed by atoms with Crippen LogP contribution in [0.3, 0.4) is 0 Å². The summed E-state index contributed by atoms with van der Waals surface area (Å²) in [6.07, 6.45) is 0. The van der Waals surface area contributed by atoms with Crippen LogP contribution in [0.25, 0.3) is 10.6 Å². The fourth-order valence-electron chi connectivity index (χ4n) is 2.61. The van der Waals surface area contributed by atoms with E-state index in [0.717, 1.165) is 16.9 Å². The van der Waals surface area contributed by atoms with E-state index in [2.05, 4.69) is 10.3 Å². The molecule has 0 atom stereocenters. The molecule has 0 saturated heterocycles. The lowest BCUT2D eigenvalue weighted by Gasteiger charge is -2.10. The van der Waals surface area contributed by atoms with E-state index in [4.69, 9.17) is 14.2 Å². The number of thiazole rings is 1. The summed E-state index contributed by atoms with van der Waals surface area (Å²) >= 11 is 1.38. The Kier molecular flexibility index (Phi) is 5.93. The predicted octanol–water partition coefficient (Wildman–Crippen LogP) is 3.77. The van der Waals surface area contributed by atoms with Crippen molar-refractivity contribution >= 4 is 17.2 Å². The van der Waals surface area contributed by atoms with Gasteiger partial charge in [-0.15, -0.1) is 11.3 Å². The minimum Gasteiger partial charge on any atom is -0.497 e. The Bertz CT molecular complexity index is 939. The zero-order chi connectivity index (χ0) is 19.2. The number of nitrogens with one attached hydrogen (secondary N) is 1. The van der Waals surface area contributed by atoms with Crippen molar-refractivity contribution in [3.05, 3.63) is 59.1 Å². The number of ether oxygens (including phenoxy) is 3. The van der Waals surface area contributed by atoms with Gasteiger partial charge >= 0.3 is 0 Å². The summed E-state index contributed by atoms with van der Waals surface area (Å²) in [5.41, 5.74) is 2.10. The summed E-state index contributed by atoms with van der Waals surface area (Å²) in [6, 6.07) is 13.1.